The van der Waals surface area contributed by atoms with Crippen LogP contribution in [0.25, 0.3) is 0 Å². The number of rotatable bonds is 6. The molecule has 6 nitrogen and oxygen atoms in total. The van der Waals surface area contributed by atoms with Gasteiger partial charge in [-0.05, 0) is 29.3 Å². The van der Waals surface area contributed by atoms with Gasteiger partial charge >= 0.3 is 5.97 Å². The molecule has 0 aliphatic rings. The number of carboxylic acid groups (broad SMARTS) is 1. The predicted octanol–water partition coefficient (Wildman–Crippen LogP) is 1.88. The average Bonchev–Trinajstić information content (AvgIpc) is 2.53. The van der Waals surface area contributed by atoms with Crippen molar-refractivity contribution in [3.8, 4) is 6.07 Å². The predicted molar refractivity (Wildman–Crippen MR) is 84.0 cm³/mol. The average molecular weight is 330 g/mol. The topological polar surface area (TPSA) is 107 Å². The van der Waals surface area contributed by atoms with Crippen LogP contribution in [-0.2, 0) is 22.3 Å². The van der Waals surface area contributed by atoms with Gasteiger partial charge in [-0.3, -0.25) is 0 Å². The summed E-state index contributed by atoms with van der Waals surface area (Å²) in [4.78, 5) is 10.9. The second-order valence-corrected chi connectivity index (χ2v) is 6.66. The molecule has 0 fully saturated rings. The maximum Gasteiger partial charge on any atom is 0.335 e. The Balaban J connectivity index is 2.09. The molecule has 0 heterocycles. The Morgan fingerprint density at radius 2 is 1.91 bits per heavy atom. The van der Waals surface area contributed by atoms with Crippen LogP contribution in [-0.4, -0.2) is 19.5 Å². The minimum atomic E-state index is -3.65. The van der Waals surface area contributed by atoms with E-state index in [1.165, 1.54) is 12.1 Å². The van der Waals surface area contributed by atoms with E-state index in [1.807, 2.05) is 6.07 Å². The third kappa shape index (κ3) is 4.64. The number of benzene rings is 2. The quantitative estimate of drug-likeness (QED) is 0.841. The summed E-state index contributed by atoms with van der Waals surface area (Å²) in [5.74, 6) is -1.38. The zero-order chi connectivity index (χ0) is 16.9. The molecule has 0 saturated heterocycles. The number of aromatic carboxylic acids is 1. The zero-order valence-electron chi connectivity index (χ0n) is 12.1. The van der Waals surface area contributed by atoms with Gasteiger partial charge in [0.25, 0.3) is 0 Å². The van der Waals surface area contributed by atoms with Crippen molar-refractivity contribution in [2.24, 2.45) is 0 Å². The van der Waals surface area contributed by atoms with Gasteiger partial charge in [-0.2, -0.15) is 5.26 Å². The summed E-state index contributed by atoms with van der Waals surface area (Å²) in [7, 11) is -3.65. The van der Waals surface area contributed by atoms with Gasteiger partial charge in [0.15, 0.2) is 0 Å². The van der Waals surface area contributed by atoms with Crippen molar-refractivity contribution in [1.82, 2.24) is 4.72 Å². The molecule has 118 valence electrons. The molecular formula is C16H14N2O4S. The third-order valence-electron chi connectivity index (χ3n) is 3.15. The highest BCUT2D eigenvalue weighted by atomic mass is 32.2. The van der Waals surface area contributed by atoms with Crippen LogP contribution in [0, 0.1) is 11.3 Å². The monoisotopic (exact) mass is 330 g/mol. The van der Waals surface area contributed by atoms with Gasteiger partial charge in [0.2, 0.25) is 10.0 Å². The molecule has 0 aliphatic heterocycles. The molecule has 0 aromatic heterocycles. The second kappa shape index (κ2) is 7.05. The van der Waals surface area contributed by atoms with E-state index in [4.69, 9.17) is 10.4 Å². The maximum atomic E-state index is 12.1. The number of nitrogens with zero attached hydrogens (tertiary/aromatic N) is 1. The fourth-order valence-corrected chi connectivity index (χ4v) is 3.17. The Bertz CT molecular complexity index is 870. The first-order chi connectivity index (χ1) is 10.9. The Labute approximate surface area is 134 Å². The highest BCUT2D eigenvalue weighted by molar-refractivity contribution is 7.88. The summed E-state index contributed by atoms with van der Waals surface area (Å²) >= 11 is 0. The lowest BCUT2D eigenvalue weighted by Crippen LogP contribution is -2.25. The van der Waals surface area contributed by atoms with E-state index in [9.17, 15) is 13.2 Å². The van der Waals surface area contributed by atoms with Gasteiger partial charge in [-0.15, -0.1) is 0 Å². The summed E-state index contributed by atoms with van der Waals surface area (Å²) in [6.07, 6.45) is 0. The second-order valence-electron chi connectivity index (χ2n) is 4.85. The molecule has 0 amide bonds. The van der Waals surface area contributed by atoms with Crippen LogP contribution in [0.5, 0.6) is 0 Å². The van der Waals surface area contributed by atoms with Crippen molar-refractivity contribution < 1.29 is 18.3 Å². The van der Waals surface area contributed by atoms with Crippen molar-refractivity contribution in [2.45, 2.75) is 12.3 Å². The third-order valence-corrected chi connectivity index (χ3v) is 4.43. The number of nitriles is 1. The molecule has 0 aliphatic carbocycles. The number of hydrogen-bond acceptors (Lipinski definition) is 4. The van der Waals surface area contributed by atoms with Gasteiger partial charge in [0.1, 0.15) is 0 Å². The molecule has 2 rings (SSSR count). The van der Waals surface area contributed by atoms with Crippen molar-refractivity contribution in [1.29, 1.82) is 5.26 Å². The molecule has 2 aromatic rings. The molecule has 0 saturated carbocycles. The van der Waals surface area contributed by atoms with Crippen LogP contribution in [0.2, 0.25) is 0 Å². The van der Waals surface area contributed by atoms with E-state index < -0.39 is 16.0 Å². The molecule has 7 heteroatoms. The van der Waals surface area contributed by atoms with Crippen molar-refractivity contribution in [2.75, 3.05) is 0 Å². The highest BCUT2D eigenvalue weighted by Gasteiger charge is 2.14. The number of sulfonamides is 1. The van der Waals surface area contributed by atoms with Crippen LogP contribution >= 0.6 is 0 Å². The van der Waals surface area contributed by atoms with Gasteiger partial charge < -0.3 is 5.11 Å². The van der Waals surface area contributed by atoms with Gasteiger partial charge in [-0.1, -0.05) is 30.3 Å². The summed E-state index contributed by atoms with van der Waals surface area (Å²) < 4.78 is 26.7. The standard InChI is InChI=1S/C16H14N2O4S/c17-9-14-5-1-2-6-15(14)11-23(21,22)18-10-12-4-3-7-13(8-12)16(19)20/h1-8,18H,10-11H2,(H,19,20). The number of nitrogens with one attached hydrogen (secondary N) is 1. The van der Waals surface area contributed by atoms with E-state index in [1.54, 1.807) is 36.4 Å². The molecule has 2 N–H and O–H groups in total. The first-order valence-electron chi connectivity index (χ1n) is 6.69. The highest BCUT2D eigenvalue weighted by Crippen LogP contribution is 2.12. The molecule has 0 atom stereocenters. The van der Waals surface area contributed by atoms with Crippen LogP contribution < -0.4 is 4.72 Å². The minimum absolute atomic E-state index is 0.0157. The number of carboxylic acids is 1. The molecule has 0 bridgehead atoms. The zero-order valence-corrected chi connectivity index (χ0v) is 12.9. The van der Waals surface area contributed by atoms with Gasteiger partial charge in [-0.25, -0.2) is 17.9 Å². The number of carbonyl (C=O) groups is 1. The van der Waals surface area contributed by atoms with Gasteiger partial charge in [0.05, 0.1) is 22.9 Å². The van der Waals surface area contributed by atoms with Crippen LogP contribution in [0.15, 0.2) is 48.5 Å². The molecular weight excluding hydrogens is 316 g/mol. The first kappa shape index (κ1) is 16.7. The maximum absolute atomic E-state index is 12.1. The van der Waals surface area contributed by atoms with Crippen LogP contribution in [0.1, 0.15) is 27.0 Å². The minimum Gasteiger partial charge on any atom is -0.478 e. The summed E-state index contributed by atoms with van der Waals surface area (Å²) in [6.45, 7) is -0.0157. The van der Waals surface area contributed by atoms with Crippen molar-refractivity contribution >= 4 is 16.0 Å². The molecule has 0 unspecified atom stereocenters. The normalized spacial score (nSPS) is 10.9. The van der Waals surface area contributed by atoms with E-state index in [0.717, 1.165) is 0 Å². The lowest BCUT2D eigenvalue weighted by Gasteiger charge is -2.08. The van der Waals surface area contributed by atoms with E-state index in [0.29, 0.717) is 16.7 Å². The summed E-state index contributed by atoms with van der Waals surface area (Å²) in [6, 6.07) is 14.5. The molecule has 2 aromatic carbocycles. The van der Waals surface area contributed by atoms with Crippen molar-refractivity contribution in [3.05, 3.63) is 70.8 Å². The number of hydrogen-bond donors (Lipinski definition) is 2. The Kier molecular flexibility index (Phi) is 5.11. The largest absolute Gasteiger partial charge is 0.478 e. The Hall–Kier alpha value is -2.69. The Morgan fingerprint density at radius 1 is 1.17 bits per heavy atom. The molecule has 0 spiro atoms. The summed E-state index contributed by atoms with van der Waals surface area (Å²) in [5.41, 5.74) is 1.37. The SMILES string of the molecule is N#Cc1ccccc1CS(=O)(=O)NCc1cccc(C(=O)O)c1. The van der Waals surface area contributed by atoms with Crippen LogP contribution in [0.4, 0.5) is 0 Å². The lowest BCUT2D eigenvalue weighted by molar-refractivity contribution is 0.0696. The van der Waals surface area contributed by atoms with Crippen molar-refractivity contribution in [3.63, 3.8) is 0 Å². The molecule has 0 radical (unpaired) electrons. The smallest absolute Gasteiger partial charge is 0.335 e. The fourth-order valence-electron chi connectivity index (χ4n) is 2.02. The fraction of sp³-hybridized carbons (Fsp3) is 0.125. The van der Waals surface area contributed by atoms with Gasteiger partial charge in [0, 0.05) is 6.54 Å². The van der Waals surface area contributed by atoms with E-state index in [2.05, 4.69) is 4.72 Å². The summed E-state index contributed by atoms with van der Waals surface area (Å²) in [5, 5.41) is 17.9. The first-order valence-corrected chi connectivity index (χ1v) is 8.34. The van der Waals surface area contributed by atoms with Crippen LogP contribution in [0.3, 0.4) is 0 Å². The lowest BCUT2D eigenvalue weighted by atomic mass is 10.1. The van der Waals surface area contributed by atoms with E-state index in [-0.39, 0.29) is 17.9 Å². The Morgan fingerprint density at radius 3 is 2.61 bits per heavy atom. The van der Waals surface area contributed by atoms with E-state index >= 15 is 0 Å². The molecule has 23 heavy (non-hydrogen) atoms.